The van der Waals surface area contributed by atoms with E-state index in [9.17, 15) is 43.2 Å². The monoisotopic (exact) mass is 1510 g/mol. The number of carbonyl (C=O) groups excluding carboxylic acids is 4. The summed E-state index contributed by atoms with van der Waals surface area (Å²) in [5.74, 6) is 0.263. The van der Waals surface area contributed by atoms with E-state index in [2.05, 4.69) is 48.5 Å². The van der Waals surface area contributed by atoms with Crippen molar-refractivity contribution in [2.45, 2.75) is 458 Å². The number of hydrogen-bond donors (Lipinski definition) is 3. The summed E-state index contributed by atoms with van der Waals surface area (Å²) in [4.78, 5) is 73.0. The van der Waals surface area contributed by atoms with E-state index < -0.39 is 97.5 Å². The molecule has 0 saturated carbocycles. The van der Waals surface area contributed by atoms with Crippen molar-refractivity contribution < 1.29 is 80.2 Å². The van der Waals surface area contributed by atoms with Gasteiger partial charge in [-0.1, -0.05) is 389 Å². The average Bonchev–Trinajstić information content (AvgIpc) is 0.970. The molecule has 0 saturated heterocycles. The maximum atomic E-state index is 13.1. The van der Waals surface area contributed by atoms with Crippen molar-refractivity contribution in [2.75, 3.05) is 39.6 Å². The Morgan fingerprint density at radius 1 is 0.282 bits per heavy atom. The summed E-state index contributed by atoms with van der Waals surface area (Å²) in [6.45, 7) is 12.0. The topological polar surface area (TPSA) is 237 Å². The predicted octanol–water partition coefficient (Wildman–Crippen LogP) is 25.3. The lowest BCUT2D eigenvalue weighted by molar-refractivity contribution is -0.161. The number of aliphatic hydroxyl groups excluding tert-OH is 1. The zero-order chi connectivity index (χ0) is 75.8. The van der Waals surface area contributed by atoms with Gasteiger partial charge in [-0.25, -0.2) is 9.13 Å². The molecule has 6 atom stereocenters. The van der Waals surface area contributed by atoms with Crippen LogP contribution in [0.25, 0.3) is 0 Å². The van der Waals surface area contributed by atoms with Gasteiger partial charge in [-0.2, -0.15) is 0 Å². The van der Waals surface area contributed by atoms with Crippen LogP contribution in [0.3, 0.4) is 0 Å². The van der Waals surface area contributed by atoms with Crippen LogP contribution in [0.15, 0.2) is 0 Å². The van der Waals surface area contributed by atoms with Gasteiger partial charge in [0, 0.05) is 25.7 Å². The largest absolute Gasteiger partial charge is 0.472 e. The molecule has 103 heavy (non-hydrogen) atoms. The first-order valence-corrected chi connectivity index (χ1v) is 46.4. The van der Waals surface area contributed by atoms with E-state index in [0.29, 0.717) is 31.6 Å². The molecule has 612 valence electrons. The lowest BCUT2D eigenvalue weighted by Gasteiger charge is -2.21. The standard InChI is InChI=1S/C84H164O17P2/c1-8-10-11-12-13-14-31-39-44-53-60-67-83(88)101-80(72-95-82(87)66-59-52-47-46-49-56-63-76(5)6)74-99-103(92,93)97-70-78(85)69-96-102(90,91)98-73-79(71-94-81(86)65-58-51-43-38-34-29-25-21-17-15-19-23-27-32-36-41-48-55-62-75(3)4)100-84(89)68-61-54-45-40-35-30-26-22-18-16-20-24-28-33-37-42-50-57-64-77(7)9-2/h75-80,85H,8-74H2,1-7H3,(H,90,91)(H,92,93)/t77?,78-,79-,80-/m1/s1. The predicted molar refractivity (Wildman–Crippen MR) is 423 cm³/mol. The molecule has 0 aliphatic heterocycles. The highest BCUT2D eigenvalue weighted by atomic mass is 31.2. The Balaban J connectivity index is 5.17. The van der Waals surface area contributed by atoms with Gasteiger partial charge in [0.1, 0.15) is 19.3 Å². The van der Waals surface area contributed by atoms with Gasteiger partial charge in [0.25, 0.3) is 0 Å². The number of carbonyl (C=O) groups is 4. The van der Waals surface area contributed by atoms with Crippen molar-refractivity contribution in [3.05, 3.63) is 0 Å². The van der Waals surface area contributed by atoms with Crippen molar-refractivity contribution in [3.8, 4) is 0 Å². The van der Waals surface area contributed by atoms with Gasteiger partial charge in [0.2, 0.25) is 0 Å². The molecule has 0 rings (SSSR count). The number of esters is 4. The van der Waals surface area contributed by atoms with Crippen molar-refractivity contribution in [1.29, 1.82) is 0 Å². The quantitative estimate of drug-likeness (QED) is 0.0222. The minimum atomic E-state index is -4.96. The minimum absolute atomic E-state index is 0.106. The summed E-state index contributed by atoms with van der Waals surface area (Å²) >= 11 is 0. The Morgan fingerprint density at radius 2 is 0.495 bits per heavy atom. The Kier molecular flexibility index (Phi) is 72.8. The number of phosphoric acid groups is 2. The molecule has 0 fully saturated rings. The zero-order valence-electron chi connectivity index (χ0n) is 67.8. The summed E-state index contributed by atoms with van der Waals surface area (Å²) in [6.07, 6.45) is 64.1. The lowest BCUT2D eigenvalue weighted by atomic mass is 9.99. The first-order chi connectivity index (χ1) is 49.8. The van der Waals surface area contributed by atoms with Crippen molar-refractivity contribution in [3.63, 3.8) is 0 Å². The lowest BCUT2D eigenvalue weighted by Crippen LogP contribution is -2.30. The Hall–Kier alpha value is -1.94. The van der Waals surface area contributed by atoms with Crippen molar-refractivity contribution in [1.82, 2.24) is 0 Å². The van der Waals surface area contributed by atoms with Gasteiger partial charge < -0.3 is 33.8 Å². The smallest absolute Gasteiger partial charge is 0.462 e. The maximum absolute atomic E-state index is 13.1. The molecule has 17 nitrogen and oxygen atoms in total. The van der Waals surface area contributed by atoms with E-state index >= 15 is 0 Å². The summed E-state index contributed by atoms with van der Waals surface area (Å²) in [7, 11) is -9.92. The Morgan fingerprint density at radius 3 is 0.738 bits per heavy atom. The molecule has 0 aromatic heterocycles. The summed E-state index contributed by atoms with van der Waals surface area (Å²) in [5.41, 5.74) is 0. The third kappa shape index (κ3) is 76.6. The highest BCUT2D eigenvalue weighted by molar-refractivity contribution is 7.47. The van der Waals surface area contributed by atoms with E-state index in [1.54, 1.807) is 0 Å². The van der Waals surface area contributed by atoms with Crippen molar-refractivity contribution >= 4 is 39.5 Å². The Bertz CT molecular complexity index is 1990. The van der Waals surface area contributed by atoms with Gasteiger partial charge >= 0.3 is 39.5 Å². The van der Waals surface area contributed by atoms with E-state index in [1.165, 1.54) is 244 Å². The molecule has 0 bridgehead atoms. The second kappa shape index (κ2) is 74.2. The molecule has 0 aromatic carbocycles. The summed E-state index contributed by atoms with van der Waals surface area (Å²) in [6, 6.07) is 0. The highest BCUT2D eigenvalue weighted by Gasteiger charge is 2.30. The first-order valence-electron chi connectivity index (χ1n) is 43.4. The number of hydrogen-bond acceptors (Lipinski definition) is 15. The molecule has 19 heteroatoms. The zero-order valence-corrected chi connectivity index (χ0v) is 69.6. The van der Waals surface area contributed by atoms with Crippen LogP contribution in [0.4, 0.5) is 0 Å². The minimum Gasteiger partial charge on any atom is -0.462 e. The van der Waals surface area contributed by atoms with Crippen LogP contribution < -0.4 is 0 Å². The highest BCUT2D eigenvalue weighted by Crippen LogP contribution is 2.45. The van der Waals surface area contributed by atoms with E-state index in [0.717, 1.165) is 108 Å². The van der Waals surface area contributed by atoms with Crippen LogP contribution in [-0.4, -0.2) is 96.7 Å². The molecule has 0 heterocycles. The molecule has 0 aliphatic carbocycles. The van der Waals surface area contributed by atoms with Crippen LogP contribution in [0, 0.1) is 17.8 Å². The molecular formula is C84H164O17P2. The fourth-order valence-corrected chi connectivity index (χ4v) is 14.6. The van der Waals surface area contributed by atoms with Crippen molar-refractivity contribution in [2.24, 2.45) is 17.8 Å². The molecule has 0 aliphatic rings. The molecule has 0 spiro atoms. The molecule has 3 N–H and O–H groups in total. The van der Waals surface area contributed by atoms with E-state index in [1.807, 2.05) is 0 Å². The first kappa shape index (κ1) is 101. The molecular weight excluding hydrogens is 1340 g/mol. The van der Waals surface area contributed by atoms with Crippen LogP contribution in [0.1, 0.15) is 440 Å². The van der Waals surface area contributed by atoms with Crippen LogP contribution >= 0.6 is 15.6 Å². The molecule has 0 radical (unpaired) electrons. The molecule has 0 amide bonds. The fraction of sp³-hybridized carbons (Fsp3) is 0.952. The average molecular weight is 1510 g/mol. The van der Waals surface area contributed by atoms with Gasteiger partial charge in [-0.05, 0) is 43.4 Å². The van der Waals surface area contributed by atoms with E-state index in [-0.39, 0.29) is 25.7 Å². The summed E-state index contributed by atoms with van der Waals surface area (Å²) in [5, 5.41) is 10.6. The van der Waals surface area contributed by atoms with Gasteiger partial charge in [-0.15, -0.1) is 0 Å². The van der Waals surface area contributed by atoms with Gasteiger partial charge in [-0.3, -0.25) is 37.3 Å². The number of unbranched alkanes of at least 4 members (excludes halogenated alkanes) is 49. The Labute approximate surface area is 632 Å². The second-order valence-corrected chi connectivity index (χ2v) is 34.3. The molecule has 0 aromatic rings. The number of phosphoric ester groups is 2. The number of aliphatic hydroxyl groups is 1. The van der Waals surface area contributed by atoms with Gasteiger partial charge in [0.15, 0.2) is 12.2 Å². The summed E-state index contributed by atoms with van der Waals surface area (Å²) < 4.78 is 68.7. The van der Waals surface area contributed by atoms with Crippen LogP contribution in [0.5, 0.6) is 0 Å². The second-order valence-electron chi connectivity index (χ2n) is 31.4. The molecule has 3 unspecified atom stereocenters. The number of ether oxygens (including phenoxy) is 4. The SMILES string of the molecule is CCCCCCCCCCCCCC(=O)O[C@H](COC(=O)CCCCCCCCC(C)C)COP(=O)(O)OC[C@H](O)COP(=O)(O)OC[C@@H](COC(=O)CCCCCCCCCCCCCCCCCCCCC(C)C)OC(=O)CCCCCCCCCCCCCCCCCCCCC(C)CC. The van der Waals surface area contributed by atoms with Crippen LogP contribution in [-0.2, 0) is 65.4 Å². The number of rotatable bonds is 82. The van der Waals surface area contributed by atoms with E-state index in [4.69, 9.17) is 37.0 Å². The van der Waals surface area contributed by atoms with Gasteiger partial charge in [0.05, 0.1) is 26.4 Å². The maximum Gasteiger partial charge on any atom is 0.472 e. The fourth-order valence-electron chi connectivity index (χ4n) is 13.0. The third-order valence-corrected chi connectivity index (χ3v) is 21.9. The third-order valence-electron chi connectivity index (χ3n) is 20.0. The van der Waals surface area contributed by atoms with Crippen LogP contribution in [0.2, 0.25) is 0 Å². The normalized spacial score (nSPS) is 14.2.